The van der Waals surface area contributed by atoms with Gasteiger partial charge in [0.05, 0.1) is 0 Å². The maximum absolute atomic E-state index is 14.0. The number of carbonyl (C=O) groups is 3. The average molecular weight is 546 g/mol. The number of terminal acetylenes is 1. The first-order valence-electron chi connectivity index (χ1n) is 13.0. The van der Waals surface area contributed by atoms with Gasteiger partial charge < -0.3 is 19.8 Å². The van der Waals surface area contributed by atoms with Crippen molar-refractivity contribution in [3.63, 3.8) is 0 Å². The Morgan fingerprint density at radius 2 is 1.57 bits per heavy atom. The molecule has 0 radical (unpaired) electrons. The number of aliphatic imine (C=N–C) groups is 1. The van der Waals surface area contributed by atoms with E-state index in [0.717, 1.165) is 11.1 Å². The summed E-state index contributed by atoms with van der Waals surface area (Å²) >= 11 is 0. The fourth-order valence-electron chi connectivity index (χ4n) is 5.08. The van der Waals surface area contributed by atoms with Crippen LogP contribution in [-0.4, -0.2) is 47.2 Å². The lowest BCUT2D eigenvalue weighted by atomic mass is 9.78. The SMILES string of the molecule is C#CC1(NC(=O)C2(NC(=O)c3cc4ccc(-c5ccc(C6=NC(=O)CO6)cc5)cc4o3)CCC(F)(F)CC2)CC1. The van der Waals surface area contributed by atoms with Crippen LogP contribution in [0.4, 0.5) is 8.78 Å². The fraction of sp³-hybridized carbons (Fsp3) is 0.333. The van der Waals surface area contributed by atoms with Crippen molar-refractivity contribution >= 4 is 34.6 Å². The number of rotatable bonds is 6. The smallest absolute Gasteiger partial charge is 0.287 e. The van der Waals surface area contributed by atoms with E-state index in [0.29, 0.717) is 29.4 Å². The largest absolute Gasteiger partial charge is 0.467 e. The second-order valence-electron chi connectivity index (χ2n) is 10.6. The van der Waals surface area contributed by atoms with Gasteiger partial charge in [0.25, 0.3) is 11.8 Å². The number of hydrogen-bond donors (Lipinski definition) is 2. The number of ether oxygens (including phenoxy) is 1. The number of fused-ring (bicyclic) bond motifs is 1. The van der Waals surface area contributed by atoms with Crippen molar-refractivity contribution in [3.05, 3.63) is 59.9 Å². The summed E-state index contributed by atoms with van der Waals surface area (Å²) in [6, 6.07) is 14.3. The Labute approximate surface area is 228 Å². The zero-order valence-corrected chi connectivity index (χ0v) is 21.4. The highest BCUT2D eigenvalue weighted by atomic mass is 19.3. The van der Waals surface area contributed by atoms with Gasteiger partial charge in [0.1, 0.15) is 16.7 Å². The van der Waals surface area contributed by atoms with Crippen LogP contribution in [0.2, 0.25) is 0 Å². The quantitative estimate of drug-likeness (QED) is 0.448. The number of nitrogens with zero attached hydrogens (tertiary/aromatic N) is 1. The van der Waals surface area contributed by atoms with Crippen molar-refractivity contribution < 1.29 is 32.3 Å². The summed E-state index contributed by atoms with van der Waals surface area (Å²) in [5.74, 6) is -1.63. The first-order chi connectivity index (χ1) is 19.1. The molecule has 0 saturated heterocycles. The van der Waals surface area contributed by atoms with Gasteiger partial charge in [-0.05, 0) is 61.1 Å². The average Bonchev–Trinajstić information content (AvgIpc) is 3.36. The Hall–Kier alpha value is -4.52. The minimum absolute atomic E-state index is 0.0360. The molecule has 1 aromatic heterocycles. The van der Waals surface area contributed by atoms with Crippen molar-refractivity contribution in [1.29, 1.82) is 0 Å². The molecular formula is C30H25F2N3O5. The van der Waals surface area contributed by atoms with Crippen molar-refractivity contribution in [1.82, 2.24) is 10.6 Å². The molecule has 2 aromatic carbocycles. The van der Waals surface area contributed by atoms with Crippen molar-refractivity contribution in [3.8, 4) is 23.5 Å². The van der Waals surface area contributed by atoms with Crippen LogP contribution in [0.25, 0.3) is 22.1 Å². The summed E-state index contributed by atoms with van der Waals surface area (Å²) in [5, 5.41) is 6.16. The molecule has 2 fully saturated rings. The predicted octanol–water partition coefficient (Wildman–Crippen LogP) is 4.36. The van der Waals surface area contributed by atoms with E-state index in [4.69, 9.17) is 15.6 Å². The Bertz CT molecular complexity index is 1600. The first-order valence-corrected chi connectivity index (χ1v) is 13.0. The van der Waals surface area contributed by atoms with Crippen LogP contribution >= 0.6 is 0 Å². The van der Waals surface area contributed by atoms with Gasteiger partial charge in [0, 0.05) is 23.8 Å². The molecule has 0 atom stereocenters. The molecule has 1 aliphatic heterocycles. The second kappa shape index (κ2) is 9.30. The minimum Gasteiger partial charge on any atom is -0.467 e. The number of halogens is 2. The molecule has 3 amide bonds. The number of carbonyl (C=O) groups excluding carboxylic acids is 3. The number of hydrogen-bond acceptors (Lipinski definition) is 5. The zero-order chi connectivity index (χ0) is 28.1. The van der Waals surface area contributed by atoms with E-state index in [9.17, 15) is 23.2 Å². The molecule has 2 N–H and O–H groups in total. The van der Waals surface area contributed by atoms with E-state index in [-0.39, 0.29) is 37.0 Å². The normalized spacial score (nSPS) is 20.2. The van der Waals surface area contributed by atoms with Gasteiger partial charge in [-0.25, -0.2) is 8.78 Å². The first kappa shape index (κ1) is 25.7. The molecule has 0 spiro atoms. The van der Waals surface area contributed by atoms with Gasteiger partial charge in [-0.1, -0.05) is 30.2 Å². The van der Waals surface area contributed by atoms with Gasteiger partial charge >= 0.3 is 0 Å². The lowest BCUT2D eigenvalue weighted by Gasteiger charge is -2.39. The molecule has 10 heteroatoms. The van der Waals surface area contributed by atoms with Crippen LogP contribution in [0.5, 0.6) is 0 Å². The van der Waals surface area contributed by atoms with E-state index >= 15 is 0 Å². The molecular weight excluding hydrogens is 520 g/mol. The van der Waals surface area contributed by atoms with Crippen LogP contribution in [0.15, 0.2) is 57.9 Å². The van der Waals surface area contributed by atoms with Gasteiger partial charge in [-0.3, -0.25) is 14.4 Å². The van der Waals surface area contributed by atoms with Crippen molar-refractivity contribution in [2.24, 2.45) is 4.99 Å². The van der Waals surface area contributed by atoms with Gasteiger partial charge in [-0.15, -0.1) is 6.42 Å². The fourth-order valence-corrected chi connectivity index (χ4v) is 5.08. The standard InChI is InChI=1S/C30H25F2N3O5/c1-2-28(9-10-28)35-27(38)29(11-13-30(31,32)14-12-29)34-25(37)23-16-21-8-7-20(15-22(21)40-23)18-3-5-19(6-4-18)26-33-24(36)17-39-26/h1,3-8,15-16H,9-14,17H2,(H,34,37)(H,35,38). The molecule has 2 aliphatic carbocycles. The highest BCUT2D eigenvalue weighted by Gasteiger charge is 2.52. The maximum Gasteiger partial charge on any atom is 0.287 e. The van der Waals surface area contributed by atoms with Crippen LogP contribution < -0.4 is 10.6 Å². The number of alkyl halides is 2. The van der Waals surface area contributed by atoms with Gasteiger partial charge in [-0.2, -0.15) is 4.99 Å². The number of furan rings is 1. The molecule has 2 heterocycles. The molecule has 2 saturated carbocycles. The van der Waals surface area contributed by atoms with Crippen LogP contribution in [0.1, 0.15) is 54.6 Å². The molecule has 40 heavy (non-hydrogen) atoms. The minimum atomic E-state index is -2.90. The van der Waals surface area contributed by atoms with Crippen LogP contribution in [0.3, 0.4) is 0 Å². The molecule has 8 nitrogen and oxygen atoms in total. The Balaban J connectivity index is 1.22. The highest BCUT2D eigenvalue weighted by molar-refractivity contribution is 6.06. The Kier molecular flexibility index (Phi) is 5.98. The van der Waals surface area contributed by atoms with E-state index in [1.54, 1.807) is 30.3 Å². The van der Waals surface area contributed by atoms with E-state index in [1.165, 1.54) is 0 Å². The third kappa shape index (κ3) is 4.83. The van der Waals surface area contributed by atoms with E-state index < -0.39 is 41.7 Å². The third-order valence-electron chi connectivity index (χ3n) is 7.77. The Morgan fingerprint density at radius 1 is 0.900 bits per heavy atom. The maximum atomic E-state index is 14.0. The molecule has 0 unspecified atom stereocenters. The van der Waals surface area contributed by atoms with Gasteiger partial charge in [0.2, 0.25) is 17.7 Å². The summed E-state index contributed by atoms with van der Waals surface area (Å²) in [5.41, 5.74) is 0.506. The molecule has 204 valence electrons. The zero-order valence-electron chi connectivity index (χ0n) is 21.4. The van der Waals surface area contributed by atoms with Crippen molar-refractivity contribution in [2.75, 3.05) is 6.61 Å². The third-order valence-corrected chi connectivity index (χ3v) is 7.77. The Morgan fingerprint density at radius 3 is 2.20 bits per heavy atom. The summed E-state index contributed by atoms with van der Waals surface area (Å²) in [7, 11) is 0. The summed E-state index contributed by atoms with van der Waals surface area (Å²) in [4.78, 5) is 41.7. The predicted molar refractivity (Wildman–Crippen MR) is 142 cm³/mol. The van der Waals surface area contributed by atoms with Crippen molar-refractivity contribution in [2.45, 2.75) is 55.5 Å². The van der Waals surface area contributed by atoms with Crippen LogP contribution in [0, 0.1) is 12.3 Å². The number of nitrogens with one attached hydrogen (secondary N) is 2. The van der Waals surface area contributed by atoms with E-state index in [2.05, 4.69) is 21.5 Å². The number of amides is 3. The molecule has 0 bridgehead atoms. The molecule has 3 aliphatic rings. The lowest BCUT2D eigenvalue weighted by molar-refractivity contribution is -0.133. The molecule has 6 rings (SSSR count). The summed E-state index contributed by atoms with van der Waals surface area (Å²) in [6.45, 7) is -0.0634. The lowest BCUT2D eigenvalue weighted by Crippen LogP contribution is -2.62. The topological polar surface area (TPSA) is 110 Å². The van der Waals surface area contributed by atoms with Crippen LogP contribution in [-0.2, 0) is 14.3 Å². The summed E-state index contributed by atoms with van der Waals surface area (Å²) in [6.07, 6.45) is 5.27. The summed E-state index contributed by atoms with van der Waals surface area (Å²) < 4.78 is 39.1. The number of benzene rings is 2. The molecule has 3 aromatic rings. The monoisotopic (exact) mass is 545 g/mol. The highest BCUT2D eigenvalue weighted by Crippen LogP contribution is 2.41. The van der Waals surface area contributed by atoms with Gasteiger partial charge in [0.15, 0.2) is 12.4 Å². The van der Waals surface area contributed by atoms with E-state index in [1.807, 2.05) is 18.2 Å². The second-order valence-corrected chi connectivity index (χ2v) is 10.6.